The summed E-state index contributed by atoms with van der Waals surface area (Å²) in [6, 6.07) is 0. The van der Waals surface area contributed by atoms with E-state index in [0.717, 1.165) is 19.1 Å². The zero-order valence-electron chi connectivity index (χ0n) is 7.08. The highest BCUT2D eigenvalue weighted by molar-refractivity contribution is 7.60. The molecule has 2 unspecified atom stereocenters. The van der Waals surface area contributed by atoms with Crippen molar-refractivity contribution in [2.75, 3.05) is 26.4 Å². The minimum absolute atomic E-state index is 0.307. The van der Waals surface area contributed by atoms with Crippen LogP contribution in [0.2, 0.25) is 0 Å². The van der Waals surface area contributed by atoms with Gasteiger partial charge < -0.3 is 4.57 Å². The van der Waals surface area contributed by atoms with Crippen LogP contribution in [0.15, 0.2) is 0 Å². The van der Waals surface area contributed by atoms with Crippen molar-refractivity contribution in [2.45, 2.75) is 6.42 Å². The van der Waals surface area contributed by atoms with E-state index >= 15 is 0 Å². The van der Waals surface area contributed by atoms with Crippen molar-refractivity contribution < 1.29 is 4.57 Å². The summed E-state index contributed by atoms with van der Waals surface area (Å²) in [5, 5.41) is 0. The maximum absolute atomic E-state index is 11.7. The van der Waals surface area contributed by atoms with Crippen LogP contribution in [-0.4, -0.2) is 31.1 Å². The highest BCUT2D eigenvalue weighted by Crippen LogP contribution is 2.49. The first kappa shape index (κ1) is 8.84. The molecule has 0 spiro atoms. The van der Waals surface area contributed by atoms with Crippen LogP contribution in [0.3, 0.4) is 0 Å². The van der Waals surface area contributed by atoms with Gasteiger partial charge in [-0.3, -0.25) is 4.67 Å². The Morgan fingerprint density at radius 2 is 2.36 bits per heavy atom. The zero-order chi connectivity index (χ0) is 8.48. The van der Waals surface area contributed by atoms with Gasteiger partial charge in [0, 0.05) is 25.3 Å². The lowest BCUT2D eigenvalue weighted by Gasteiger charge is -2.32. The lowest BCUT2D eigenvalue weighted by atomic mass is 10.1. The molecule has 1 aliphatic heterocycles. The lowest BCUT2D eigenvalue weighted by Crippen LogP contribution is -2.29. The molecule has 0 bridgehead atoms. The first-order valence-electron chi connectivity index (χ1n) is 3.80. The molecule has 11 heavy (non-hydrogen) atoms. The highest BCUT2D eigenvalue weighted by atomic mass is 31.2. The SMILES string of the molecule is C#CC1CCP(C)(=O)N(C)C1. The van der Waals surface area contributed by atoms with E-state index in [2.05, 4.69) is 5.92 Å². The van der Waals surface area contributed by atoms with Crippen molar-refractivity contribution in [1.29, 1.82) is 0 Å². The quantitative estimate of drug-likeness (QED) is 0.406. The van der Waals surface area contributed by atoms with Crippen LogP contribution in [-0.2, 0) is 4.57 Å². The summed E-state index contributed by atoms with van der Waals surface area (Å²) in [7, 11) is -0.0973. The second-order valence-corrected chi connectivity index (χ2v) is 6.50. The zero-order valence-corrected chi connectivity index (χ0v) is 7.97. The summed E-state index contributed by atoms with van der Waals surface area (Å²) in [6.07, 6.45) is 6.99. The van der Waals surface area contributed by atoms with Gasteiger partial charge >= 0.3 is 0 Å². The molecule has 2 nitrogen and oxygen atoms in total. The van der Waals surface area contributed by atoms with Crippen LogP contribution in [0.1, 0.15) is 6.42 Å². The molecule has 1 heterocycles. The second kappa shape index (κ2) is 3.01. The minimum Gasteiger partial charge on any atom is -0.307 e. The molecule has 0 aromatic rings. The Labute approximate surface area is 68.4 Å². The predicted molar refractivity (Wildman–Crippen MR) is 48.0 cm³/mol. The van der Waals surface area contributed by atoms with E-state index in [9.17, 15) is 4.57 Å². The van der Waals surface area contributed by atoms with Crippen molar-refractivity contribution in [3.63, 3.8) is 0 Å². The average molecular weight is 171 g/mol. The van der Waals surface area contributed by atoms with Crippen LogP contribution < -0.4 is 0 Å². The van der Waals surface area contributed by atoms with Crippen LogP contribution in [0.4, 0.5) is 0 Å². The van der Waals surface area contributed by atoms with Crippen molar-refractivity contribution >= 4 is 7.29 Å². The summed E-state index contributed by atoms with van der Waals surface area (Å²) >= 11 is 0. The molecule has 2 atom stereocenters. The molecule has 62 valence electrons. The third-order valence-corrected chi connectivity index (χ3v) is 5.03. The van der Waals surface area contributed by atoms with Crippen molar-refractivity contribution in [1.82, 2.24) is 4.67 Å². The van der Waals surface area contributed by atoms with E-state index in [0.29, 0.717) is 5.92 Å². The molecular formula is C8H14NOP. The van der Waals surface area contributed by atoms with Gasteiger partial charge in [0.15, 0.2) is 0 Å². The largest absolute Gasteiger partial charge is 0.307 e. The van der Waals surface area contributed by atoms with Crippen molar-refractivity contribution in [3.05, 3.63) is 0 Å². The van der Waals surface area contributed by atoms with Gasteiger partial charge in [-0.25, -0.2) is 0 Å². The Kier molecular flexibility index (Phi) is 2.42. The Morgan fingerprint density at radius 3 is 2.82 bits per heavy atom. The molecule has 1 rings (SSSR count). The smallest absolute Gasteiger partial charge is 0.147 e. The highest BCUT2D eigenvalue weighted by Gasteiger charge is 2.29. The van der Waals surface area contributed by atoms with Crippen molar-refractivity contribution in [3.8, 4) is 12.3 Å². The van der Waals surface area contributed by atoms with Gasteiger partial charge in [0.05, 0.1) is 0 Å². The van der Waals surface area contributed by atoms with Gasteiger partial charge in [-0.15, -0.1) is 12.3 Å². The fourth-order valence-electron chi connectivity index (χ4n) is 1.29. The van der Waals surface area contributed by atoms with E-state index in [4.69, 9.17) is 6.42 Å². The maximum Gasteiger partial charge on any atom is 0.147 e. The lowest BCUT2D eigenvalue weighted by molar-refractivity contribution is 0.396. The molecule has 0 saturated carbocycles. The Morgan fingerprint density at radius 1 is 1.73 bits per heavy atom. The minimum atomic E-state index is -1.99. The monoisotopic (exact) mass is 171 g/mol. The van der Waals surface area contributed by atoms with Crippen molar-refractivity contribution in [2.24, 2.45) is 5.92 Å². The number of terminal acetylenes is 1. The van der Waals surface area contributed by atoms with E-state index in [-0.39, 0.29) is 0 Å². The topological polar surface area (TPSA) is 20.3 Å². The molecule has 3 heteroatoms. The third-order valence-electron chi connectivity index (χ3n) is 2.33. The van der Waals surface area contributed by atoms with E-state index in [1.54, 1.807) is 0 Å². The normalized spacial score (nSPS) is 39.9. The first-order chi connectivity index (χ1) is 5.06. The Balaban J connectivity index is 2.64. The molecule has 0 aromatic carbocycles. The Bertz CT molecular complexity index is 231. The molecule has 0 aromatic heterocycles. The summed E-state index contributed by atoms with van der Waals surface area (Å²) in [6.45, 7) is 2.63. The maximum atomic E-state index is 11.7. The fraction of sp³-hybridized carbons (Fsp3) is 0.750. The van der Waals surface area contributed by atoms with Gasteiger partial charge in [0.2, 0.25) is 0 Å². The second-order valence-electron chi connectivity index (χ2n) is 3.27. The molecule has 0 aliphatic carbocycles. The van der Waals surface area contributed by atoms with Crippen LogP contribution in [0.25, 0.3) is 0 Å². The van der Waals surface area contributed by atoms with Gasteiger partial charge in [-0.05, 0) is 13.5 Å². The number of hydrogen-bond acceptors (Lipinski definition) is 1. The van der Waals surface area contributed by atoms with Crippen LogP contribution in [0.5, 0.6) is 0 Å². The molecule has 0 N–H and O–H groups in total. The van der Waals surface area contributed by atoms with Gasteiger partial charge in [0.25, 0.3) is 0 Å². The first-order valence-corrected chi connectivity index (χ1v) is 6.10. The molecule has 1 aliphatic rings. The van der Waals surface area contributed by atoms with Gasteiger partial charge in [-0.1, -0.05) is 0 Å². The average Bonchev–Trinajstić information content (AvgIpc) is 1.95. The molecule has 1 fully saturated rings. The molecule has 1 saturated heterocycles. The van der Waals surface area contributed by atoms with E-state index in [1.807, 2.05) is 18.4 Å². The fourth-order valence-corrected chi connectivity index (χ4v) is 2.96. The standard InChI is InChI=1S/C8H14NOP/c1-4-8-5-6-11(3,10)9(2)7-8/h1,8H,5-7H2,2-3H3. The molecular weight excluding hydrogens is 157 g/mol. The van der Waals surface area contributed by atoms with Gasteiger partial charge in [-0.2, -0.15) is 0 Å². The third kappa shape index (κ3) is 1.86. The number of hydrogen-bond donors (Lipinski definition) is 0. The summed E-state index contributed by atoms with van der Waals surface area (Å²) in [4.78, 5) is 0. The summed E-state index contributed by atoms with van der Waals surface area (Å²) < 4.78 is 13.6. The van der Waals surface area contributed by atoms with Crippen LogP contribution in [0, 0.1) is 18.3 Å². The predicted octanol–water partition coefficient (Wildman–Crippen LogP) is 1.48. The summed E-state index contributed by atoms with van der Waals surface area (Å²) in [5.41, 5.74) is 0. The van der Waals surface area contributed by atoms with Crippen LogP contribution >= 0.6 is 7.29 Å². The van der Waals surface area contributed by atoms with E-state index in [1.165, 1.54) is 0 Å². The summed E-state index contributed by atoms with van der Waals surface area (Å²) in [5.74, 6) is 3.02. The number of nitrogens with zero attached hydrogens (tertiary/aromatic N) is 1. The van der Waals surface area contributed by atoms with E-state index < -0.39 is 7.29 Å². The molecule has 0 amide bonds. The number of rotatable bonds is 0. The van der Waals surface area contributed by atoms with Gasteiger partial charge in [0.1, 0.15) is 7.29 Å². The molecule has 0 radical (unpaired) electrons. The Hall–Kier alpha value is -0.250.